The van der Waals surface area contributed by atoms with Crippen LogP contribution in [0.1, 0.15) is 29.0 Å². The lowest BCUT2D eigenvalue weighted by Gasteiger charge is -2.23. The molecule has 1 unspecified atom stereocenters. The maximum absolute atomic E-state index is 13.1. The van der Waals surface area contributed by atoms with Crippen molar-refractivity contribution >= 4 is 35.1 Å². The molecule has 4 rings (SSSR count). The maximum Gasteiger partial charge on any atom is 0.257 e. The van der Waals surface area contributed by atoms with Crippen molar-refractivity contribution in [1.29, 1.82) is 0 Å². The fourth-order valence-electron chi connectivity index (χ4n) is 3.32. The molecule has 2 heterocycles. The molecule has 2 aromatic carbocycles. The Kier molecular flexibility index (Phi) is 5.85. The molecule has 0 radical (unpaired) electrons. The van der Waals surface area contributed by atoms with Gasteiger partial charge in [0.25, 0.3) is 5.56 Å². The number of carbonyl (C=O) groups is 2. The number of aromatic amines is 1. The van der Waals surface area contributed by atoms with Crippen molar-refractivity contribution in [2.24, 2.45) is 0 Å². The number of fused-ring (bicyclic) bond motifs is 1. The van der Waals surface area contributed by atoms with Crippen molar-refractivity contribution in [2.45, 2.75) is 30.2 Å². The summed E-state index contributed by atoms with van der Waals surface area (Å²) in [4.78, 5) is 44.8. The minimum Gasteiger partial charge on any atom is -0.326 e. The Morgan fingerprint density at radius 1 is 1.19 bits per heavy atom. The van der Waals surface area contributed by atoms with E-state index in [1.165, 1.54) is 36.0 Å². The van der Waals surface area contributed by atoms with Crippen molar-refractivity contribution < 1.29 is 14.0 Å². The number of thioether (sulfide) groups is 1. The summed E-state index contributed by atoms with van der Waals surface area (Å²) in [6.07, 6.45) is -0.180. The number of nitrogens with zero attached hydrogens (tertiary/aromatic N) is 1. The highest BCUT2D eigenvalue weighted by atomic mass is 32.2. The van der Waals surface area contributed by atoms with Crippen molar-refractivity contribution in [3.05, 3.63) is 81.4 Å². The molecule has 1 aromatic heterocycles. The molecule has 158 valence electrons. The fourth-order valence-corrected chi connectivity index (χ4v) is 4.26. The lowest BCUT2D eigenvalue weighted by Crippen LogP contribution is -2.36. The number of rotatable bonds is 5. The van der Waals surface area contributed by atoms with Crippen LogP contribution in [-0.4, -0.2) is 21.8 Å². The number of halogens is 1. The summed E-state index contributed by atoms with van der Waals surface area (Å²) < 4.78 is 13.1. The van der Waals surface area contributed by atoms with E-state index in [4.69, 9.17) is 0 Å². The molecule has 3 N–H and O–H groups in total. The average molecular weight is 438 g/mol. The summed E-state index contributed by atoms with van der Waals surface area (Å²) >= 11 is 1.34. The van der Waals surface area contributed by atoms with Gasteiger partial charge in [0, 0.05) is 17.9 Å². The molecule has 1 aliphatic rings. The monoisotopic (exact) mass is 438 g/mol. The first-order valence-electron chi connectivity index (χ1n) is 9.58. The van der Waals surface area contributed by atoms with E-state index in [0.29, 0.717) is 16.6 Å². The summed E-state index contributed by atoms with van der Waals surface area (Å²) in [6.45, 7) is 2.00. The first kappa shape index (κ1) is 20.8. The lowest BCUT2D eigenvalue weighted by molar-refractivity contribution is -0.123. The van der Waals surface area contributed by atoms with Crippen LogP contribution in [0.25, 0.3) is 0 Å². The van der Waals surface area contributed by atoms with Crippen molar-refractivity contribution in [3.8, 4) is 0 Å². The van der Waals surface area contributed by atoms with E-state index in [-0.39, 0.29) is 17.8 Å². The Labute approximate surface area is 181 Å². The number of hydrogen-bond acceptors (Lipinski definition) is 5. The Balaban J connectivity index is 1.58. The van der Waals surface area contributed by atoms with Crippen molar-refractivity contribution in [1.82, 2.24) is 9.97 Å². The minimum atomic E-state index is -1.000. The third-order valence-electron chi connectivity index (χ3n) is 4.98. The molecule has 0 saturated heterocycles. The number of amides is 2. The Hall–Kier alpha value is -3.46. The number of anilines is 2. The van der Waals surface area contributed by atoms with Gasteiger partial charge in [-0.05, 0) is 42.3 Å². The zero-order valence-corrected chi connectivity index (χ0v) is 17.4. The highest BCUT2D eigenvalue weighted by Gasteiger charge is 2.34. The van der Waals surface area contributed by atoms with Gasteiger partial charge in [-0.15, -0.1) is 0 Å². The van der Waals surface area contributed by atoms with Crippen molar-refractivity contribution in [2.75, 3.05) is 10.6 Å². The normalized spacial score (nSPS) is 15.2. The van der Waals surface area contributed by atoms with Gasteiger partial charge in [-0.2, -0.15) is 0 Å². The van der Waals surface area contributed by atoms with E-state index >= 15 is 0 Å². The van der Waals surface area contributed by atoms with Crippen LogP contribution in [0.4, 0.5) is 15.9 Å². The molecule has 0 aliphatic carbocycles. The highest BCUT2D eigenvalue weighted by molar-refractivity contribution is 7.98. The zero-order valence-electron chi connectivity index (χ0n) is 16.6. The molecule has 3 aromatic rings. The molecule has 0 spiro atoms. The van der Waals surface area contributed by atoms with Crippen LogP contribution in [0.15, 0.2) is 58.5 Å². The predicted octanol–water partition coefficient (Wildman–Crippen LogP) is 3.57. The van der Waals surface area contributed by atoms with Gasteiger partial charge in [-0.3, -0.25) is 14.4 Å². The topological polar surface area (TPSA) is 104 Å². The van der Waals surface area contributed by atoms with Gasteiger partial charge < -0.3 is 15.6 Å². The van der Waals surface area contributed by atoms with Gasteiger partial charge in [0.15, 0.2) is 5.16 Å². The first-order chi connectivity index (χ1) is 14.9. The average Bonchev–Trinajstić information content (AvgIpc) is 2.74. The summed E-state index contributed by atoms with van der Waals surface area (Å²) in [5.74, 6) is -1.68. The SMILES string of the molecule is Cc1ccccc1CSc1nc2c(c(=O)[nH]1)C(C(=O)Nc1ccc(F)cc1)CC(=O)N2. The Bertz CT molecular complexity index is 1210. The number of H-pyrrole nitrogens is 1. The van der Waals surface area contributed by atoms with E-state index in [0.717, 1.165) is 11.1 Å². The largest absolute Gasteiger partial charge is 0.326 e. The second-order valence-corrected chi connectivity index (χ2v) is 8.11. The summed E-state index contributed by atoms with van der Waals surface area (Å²) in [6, 6.07) is 13.1. The Morgan fingerprint density at radius 2 is 1.94 bits per heavy atom. The maximum atomic E-state index is 13.1. The van der Waals surface area contributed by atoms with Gasteiger partial charge in [0.1, 0.15) is 11.6 Å². The van der Waals surface area contributed by atoms with Crippen LogP contribution in [0.2, 0.25) is 0 Å². The first-order valence-corrected chi connectivity index (χ1v) is 10.6. The molecule has 2 amide bonds. The predicted molar refractivity (Wildman–Crippen MR) is 117 cm³/mol. The van der Waals surface area contributed by atoms with Crippen LogP contribution in [-0.2, 0) is 15.3 Å². The Morgan fingerprint density at radius 3 is 2.68 bits per heavy atom. The quantitative estimate of drug-likeness (QED) is 0.417. The van der Waals surface area contributed by atoms with Crippen LogP contribution in [0.5, 0.6) is 0 Å². The van der Waals surface area contributed by atoms with Gasteiger partial charge in [-0.25, -0.2) is 9.37 Å². The summed E-state index contributed by atoms with van der Waals surface area (Å²) in [7, 11) is 0. The molecule has 1 atom stereocenters. The fraction of sp³-hybridized carbons (Fsp3) is 0.182. The van der Waals surface area contributed by atoms with Crippen LogP contribution < -0.4 is 16.2 Å². The standard InChI is InChI=1S/C22H19FN4O3S/c1-12-4-2-3-5-13(12)11-31-22-26-19-18(21(30)27-22)16(10-17(28)25-19)20(29)24-15-8-6-14(23)7-9-15/h2-9,16H,10-11H2,1H3,(H,24,29)(H2,25,26,27,28,30). The van der Waals surface area contributed by atoms with E-state index in [1.807, 2.05) is 31.2 Å². The molecule has 0 bridgehead atoms. The van der Waals surface area contributed by atoms with Gasteiger partial charge in [-0.1, -0.05) is 36.0 Å². The number of aromatic nitrogens is 2. The zero-order chi connectivity index (χ0) is 22.0. The molecular formula is C22H19FN4O3S. The number of nitrogens with one attached hydrogen (secondary N) is 3. The van der Waals surface area contributed by atoms with Gasteiger partial charge in [0.05, 0.1) is 11.5 Å². The van der Waals surface area contributed by atoms with Crippen molar-refractivity contribution in [3.63, 3.8) is 0 Å². The smallest absolute Gasteiger partial charge is 0.257 e. The number of benzene rings is 2. The van der Waals surface area contributed by atoms with Gasteiger partial charge >= 0.3 is 0 Å². The molecule has 7 nitrogen and oxygen atoms in total. The van der Waals surface area contributed by atoms with E-state index < -0.39 is 29.1 Å². The molecule has 9 heteroatoms. The molecule has 31 heavy (non-hydrogen) atoms. The minimum absolute atomic E-state index is 0.0894. The molecule has 1 aliphatic heterocycles. The molecule has 0 fully saturated rings. The second kappa shape index (κ2) is 8.73. The number of carbonyl (C=O) groups excluding carboxylic acids is 2. The third kappa shape index (κ3) is 4.66. The van der Waals surface area contributed by atoms with E-state index in [9.17, 15) is 18.8 Å². The second-order valence-electron chi connectivity index (χ2n) is 7.15. The highest BCUT2D eigenvalue weighted by Crippen LogP contribution is 2.31. The van der Waals surface area contributed by atoms with Crippen LogP contribution in [0, 0.1) is 12.7 Å². The molecular weight excluding hydrogens is 419 g/mol. The molecule has 0 saturated carbocycles. The lowest BCUT2D eigenvalue weighted by atomic mass is 9.92. The summed E-state index contributed by atoms with van der Waals surface area (Å²) in [5.41, 5.74) is 2.24. The number of hydrogen-bond donors (Lipinski definition) is 3. The van der Waals surface area contributed by atoms with Gasteiger partial charge in [0.2, 0.25) is 11.8 Å². The third-order valence-corrected chi connectivity index (χ3v) is 5.91. The van der Waals surface area contributed by atoms with E-state index in [2.05, 4.69) is 20.6 Å². The summed E-state index contributed by atoms with van der Waals surface area (Å²) in [5, 5.41) is 5.57. The van der Waals surface area contributed by atoms with E-state index in [1.54, 1.807) is 0 Å². The number of aryl methyl sites for hydroxylation is 1. The van der Waals surface area contributed by atoms with Crippen LogP contribution >= 0.6 is 11.8 Å². The van der Waals surface area contributed by atoms with Crippen LogP contribution in [0.3, 0.4) is 0 Å².